The predicted molar refractivity (Wildman–Crippen MR) is 497 cm³/mol. The van der Waals surface area contributed by atoms with Crippen molar-refractivity contribution in [3.63, 3.8) is 0 Å². The fourth-order valence-electron chi connectivity index (χ4n) is 33.5. The minimum atomic E-state index is -4.72. The normalized spacial score (nSPS) is 41.6. The minimum Gasteiger partial charge on any atom is -0.393 e. The first-order valence-corrected chi connectivity index (χ1v) is 50.7. The van der Waals surface area contributed by atoms with Crippen molar-refractivity contribution in [1.29, 1.82) is 0 Å². The van der Waals surface area contributed by atoms with Crippen LogP contribution in [0.2, 0.25) is 0 Å². The van der Waals surface area contributed by atoms with Crippen molar-refractivity contribution >= 4 is 29.5 Å². The highest BCUT2D eigenvalue weighted by atomic mass is 19.4. The fraction of sp³-hybridized carbons (Fsp3) is 0.661. The molecule has 0 spiro atoms. The predicted octanol–water partition coefficient (Wildman–Crippen LogP) is 28.5. The monoisotopic (exact) mass is 1760 g/mol. The van der Waals surface area contributed by atoms with Gasteiger partial charge in [0.15, 0.2) is 17.2 Å². The standard InChI is InChI=1S/C29H38F4O2.C29H39FO.C29H37FO.C28H35FO2/c1-26-14-12-21(34)17-19(26)5-8-22-23-9-10-25(27(23,2)15-13-24(22)26)28(35,29(31,32)33)16-11-18-3-6-20(30)7-4-18;2*1-19-14-16-28(2)21(18-19)7-10-23-24-11-12-26(29(24,3)17-15-25(23)28)27(31)13-6-20-4-8-22(30)9-5-20;1-27-15-13-21(30)17-19(27)6-9-22-23-10-11-25(28(23,2)16-14-24(22)27)26(31)12-5-18-3-7-20(29)8-4-18/h3-7,21-25,34-35H,8-17H2,1-2H3;4-5,7-9,19,23-26H,6,10-18H2,1-3H3;4-9,13,19,23-26H,10-12,14-18H2,1-3H3;3-8,12,21-25,30H,9-11,13-17H2,1-2H3/b;;13-6+;12-5+/t21-,22-,23-,24-,25-,26-,27-,28+;2*19-,23-,24-,25-,26+,28-,29-;21-,22-,23-,24-,25+,27-,28-/m0000/s1. The molecule has 0 unspecified atom stereocenters. The smallest absolute Gasteiger partial charge is 0.393 e. The number of Topliss-reactive ketones (excluding diaryl/α,β-unsaturated/α-hetero) is 1. The lowest BCUT2D eigenvalue weighted by Gasteiger charge is -2.59. The lowest BCUT2D eigenvalue weighted by molar-refractivity contribution is -0.295. The molecule has 4 aromatic rings. The highest BCUT2D eigenvalue weighted by molar-refractivity contribution is 5.97. The Hall–Kier alpha value is -6.28. The van der Waals surface area contributed by atoms with Crippen molar-refractivity contribution in [3.05, 3.63) is 201 Å². The van der Waals surface area contributed by atoms with Gasteiger partial charge in [0.1, 0.15) is 29.1 Å². The number of aliphatic hydroxyl groups is 3. The van der Waals surface area contributed by atoms with Gasteiger partial charge in [0, 0.05) is 30.1 Å². The molecule has 0 radical (unpaired) electrons. The van der Waals surface area contributed by atoms with E-state index in [1.54, 1.807) is 47.6 Å². The van der Waals surface area contributed by atoms with Crippen LogP contribution in [0.4, 0.5) is 30.7 Å². The van der Waals surface area contributed by atoms with Crippen molar-refractivity contribution in [3.8, 4) is 0 Å². The van der Waals surface area contributed by atoms with E-state index in [-0.39, 0.29) is 98.4 Å². The van der Waals surface area contributed by atoms with Crippen LogP contribution in [-0.4, -0.2) is 56.7 Å². The van der Waals surface area contributed by atoms with Gasteiger partial charge in [-0.25, -0.2) is 17.6 Å². The van der Waals surface area contributed by atoms with Crippen LogP contribution in [-0.2, 0) is 27.2 Å². The molecule has 13 heteroatoms. The van der Waals surface area contributed by atoms with Crippen molar-refractivity contribution < 1.29 is 60.4 Å². The average molecular weight is 1760 g/mol. The van der Waals surface area contributed by atoms with Crippen LogP contribution in [0, 0.1) is 173 Å². The molecule has 29 atom stereocenters. The maximum Gasteiger partial charge on any atom is 0.417 e. The summed E-state index contributed by atoms with van der Waals surface area (Å²) in [5.41, 5.74) is 7.99. The number of hydrogen-bond donors (Lipinski definition) is 3. The summed E-state index contributed by atoms with van der Waals surface area (Å²) in [6.07, 6.45) is 47.7. The maximum absolute atomic E-state index is 14.6. The molecule has 0 saturated heterocycles. The third-order valence-corrected chi connectivity index (χ3v) is 40.9. The fourth-order valence-corrected chi connectivity index (χ4v) is 33.5. The lowest BCUT2D eigenvalue weighted by Crippen LogP contribution is -2.58. The SMILES string of the molecule is C[C@H]1CC[C@@]2(C)C(=CC[C@H]3[C@@H]4CC[C@H](C(=O)/C=C/c5ccc(F)cc5)[C@@]4(C)CC[C@@H]32)C1.C[C@H]1CC[C@@]2(C)C(=CC[C@H]3[C@@H]4CC[C@H](C(=O)CCc5ccc(F)cc5)[C@@]4(C)CC[C@@H]32)C1.C[C@]12CC[C@H]3[C@@H](CC=C4C[C@@H](O)CC[C@@]43C)[C@@H]1CC[C@@H]2C(=O)/C=C/c1ccc(F)cc1.C[C@]12CC[C@H]3[C@@H](CC=C4C[C@@H](O)CC[C@@]43C)[C@@H]1CC[C@@H]2[C@](O)(CCc1ccc(F)cc1)C(F)(F)F. The first-order chi connectivity index (χ1) is 60.8. The van der Waals surface area contributed by atoms with E-state index in [9.17, 15) is 60.4 Å². The molecule has 4 aromatic carbocycles. The molecule has 16 aliphatic carbocycles. The second-order valence-electron chi connectivity index (χ2n) is 46.9. The van der Waals surface area contributed by atoms with Gasteiger partial charge < -0.3 is 15.3 Å². The molecular weight excluding hydrogens is 1610 g/mol. The number of carbonyl (C=O) groups is 3. The number of aliphatic hydroxyl groups excluding tert-OH is 2. The number of hydrogen-bond acceptors (Lipinski definition) is 6. The van der Waals surface area contributed by atoms with E-state index in [1.165, 1.54) is 168 Å². The Morgan fingerprint density at radius 1 is 0.367 bits per heavy atom. The number of carbonyl (C=O) groups excluding carboxylic acids is 3. The van der Waals surface area contributed by atoms with Gasteiger partial charge in [-0.15, -0.1) is 0 Å². The van der Waals surface area contributed by atoms with Gasteiger partial charge in [-0.2, -0.15) is 13.2 Å². The van der Waals surface area contributed by atoms with Crippen LogP contribution in [0.5, 0.6) is 0 Å². The minimum absolute atomic E-state index is 0.0322. The van der Waals surface area contributed by atoms with E-state index in [0.29, 0.717) is 82.9 Å². The molecule has 694 valence electrons. The number of halogens is 7. The van der Waals surface area contributed by atoms with Gasteiger partial charge in [-0.1, -0.05) is 177 Å². The van der Waals surface area contributed by atoms with Gasteiger partial charge in [0.05, 0.1) is 12.2 Å². The Kier molecular flexibility index (Phi) is 26.4. The zero-order valence-corrected chi connectivity index (χ0v) is 78.6. The molecule has 0 aliphatic heterocycles. The number of benzene rings is 4. The molecule has 0 bridgehead atoms. The number of alkyl halides is 3. The molecule has 128 heavy (non-hydrogen) atoms. The summed E-state index contributed by atoms with van der Waals surface area (Å²) >= 11 is 0. The molecule has 6 nitrogen and oxygen atoms in total. The van der Waals surface area contributed by atoms with E-state index in [2.05, 4.69) is 86.6 Å². The maximum atomic E-state index is 14.6. The first-order valence-electron chi connectivity index (χ1n) is 50.7. The second kappa shape index (κ2) is 36.2. The van der Waals surface area contributed by atoms with Crippen LogP contribution in [0.3, 0.4) is 0 Å². The van der Waals surface area contributed by atoms with Gasteiger partial charge in [0.25, 0.3) is 0 Å². The highest BCUT2D eigenvalue weighted by Gasteiger charge is 2.70. The van der Waals surface area contributed by atoms with E-state index >= 15 is 0 Å². The van der Waals surface area contributed by atoms with Gasteiger partial charge in [-0.05, 0) is 434 Å². The van der Waals surface area contributed by atoms with Crippen molar-refractivity contribution in [2.24, 2.45) is 150 Å². The Morgan fingerprint density at radius 3 is 1.05 bits per heavy atom. The molecule has 20 rings (SSSR count). The summed E-state index contributed by atoms with van der Waals surface area (Å²) in [6, 6.07) is 24.9. The molecule has 0 heterocycles. The number of aryl methyl sites for hydroxylation is 2. The van der Waals surface area contributed by atoms with Gasteiger partial charge >= 0.3 is 6.18 Å². The summed E-state index contributed by atoms with van der Waals surface area (Å²) in [7, 11) is 0. The number of allylic oxidation sites excluding steroid dienone is 8. The summed E-state index contributed by atoms with van der Waals surface area (Å²) < 4.78 is 96.4. The summed E-state index contributed by atoms with van der Waals surface area (Å²) in [5, 5.41) is 31.8. The van der Waals surface area contributed by atoms with Crippen LogP contribution < -0.4 is 0 Å². The van der Waals surface area contributed by atoms with Gasteiger partial charge in [0.2, 0.25) is 0 Å². The Bertz CT molecular complexity index is 4730. The number of fused-ring (bicyclic) bond motifs is 20. The molecule has 3 N–H and O–H groups in total. The number of rotatable bonds is 14. The van der Waals surface area contributed by atoms with Crippen LogP contribution >= 0.6 is 0 Å². The van der Waals surface area contributed by atoms with Gasteiger partial charge in [-0.3, -0.25) is 14.4 Å². The Labute approximate surface area is 761 Å². The van der Waals surface area contributed by atoms with Crippen LogP contribution in [0.25, 0.3) is 12.2 Å². The van der Waals surface area contributed by atoms with Crippen molar-refractivity contribution in [1.82, 2.24) is 0 Å². The van der Waals surface area contributed by atoms with Crippen molar-refractivity contribution in [2.75, 3.05) is 0 Å². The molecule has 0 amide bonds. The molecule has 12 saturated carbocycles. The van der Waals surface area contributed by atoms with E-state index in [4.69, 9.17) is 0 Å². The van der Waals surface area contributed by atoms with E-state index in [1.807, 2.05) is 31.2 Å². The zero-order valence-electron chi connectivity index (χ0n) is 78.6. The third kappa shape index (κ3) is 17.1. The molecule has 16 aliphatic rings. The summed E-state index contributed by atoms with van der Waals surface area (Å²) in [6.45, 7) is 24.0. The Morgan fingerprint density at radius 2 is 0.680 bits per heavy atom. The van der Waals surface area contributed by atoms with Crippen molar-refractivity contribution in [2.45, 2.75) is 324 Å². The summed E-state index contributed by atoms with van der Waals surface area (Å²) in [4.78, 5) is 39.8. The second-order valence-corrected chi connectivity index (χ2v) is 46.9. The largest absolute Gasteiger partial charge is 0.417 e. The van der Waals surface area contributed by atoms with Crippen LogP contribution in [0.1, 0.15) is 310 Å². The quantitative estimate of drug-likeness (QED) is 0.0659. The molecule has 12 fully saturated rings. The topological polar surface area (TPSA) is 112 Å². The average Bonchev–Trinajstić information content (AvgIpc) is 1.52. The molecule has 0 aromatic heterocycles. The summed E-state index contributed by atoms with van der Waals surface area (Å²) in [5.74, 6) is 8.60. The lowest BCUT2D eigenvalue weighted by atomic mass is 9.46. The van der Waals surface area contributed by atoms with E-state index < -0.39 is 35.3 Å². The Balaban J connectivity index is 0.000000120. The molecular formula is C115H149F7O6. The third-order valence-electron chi connectivity index (χ3n) is 40.9. The van der Waals surface area contributed by atoms with E-state index in [0.717, 1.165) is 155 Å². The zero-order chi connectivity index (χ0) is 90.6. The highest BCUT2D eigenvalue weighted by Crippen LogP contribution is 2.73. The number of ketones is 3. The van der Waals surface area contributed by atoms with Crippen LogP contribution in [0.15, 0.2) is 156 Å². The first kappa shape index (κ1) is 93.5.